The first-order chi connectivity index (χ1) is 13.6. The summed E-state index contributed by atoms with van der Waals surface area (Å²) in [6, 6.07) is 15.3. The summed E-state index contributed by atoms with van der Waals surface area (Å²) in [6.45, 7) is 2.63. The average Bonchev–Trinajstić information content (AvgIpc) is 3.35. The average molecular weight is 375 g/mol. The van der Waals surface area contributed by atoms with Gasteiger partial charge < -0.3 is 15.0 Å². The van der Waals surface area contributed by atoms with Crippen molar-refractivity contribution in [2.24, 2.45) is 0 Å². The Kier molecular flexibility index (Phi) is 4.80. The van der Waals surface area contributed by atoms with E-state index < -0.39 is 0 Å². The molecule has 0 fully saturated rings. The number of carbonyl (C=O) groups is 1. The predicted octanol–water partition coefficient (Wildman–Crippen LogP) is 3.31. The number of pyridine rings is 1. The summed E-state index contributed by atoms with van der Waals surface area (Å²) in [7, 11) is 1.56. The molecule has 3 heterocycles. The third-order valence-electron chi connectivity index (χ3n) is 4.59. The number of fused-ring (bicyclic) bond motifs is 1. The van der Waals surface area contributed by atoms with Gasteiger partial charge in [0.15, 0.2) is 0 Å². The second-order valence-corrected chi connectivity index (χ2v) is 6.62. The zero-order valence-corrected chi connectivity index (χ0v) is 15.7. The van der Waals surface area contributed by atoms with E-state index in [9.17, 15) is 4.79 Å². The topological polar surface area (TPSA) is 84.8 Å². The van der Waals surface area contributed by atoms with Crippen LogP contribution in [0.1, 0.15) is 34.6 Å². The highest BCUT2D eigenvalue weighted by molar-refractivity contribution is 5.97. The van der Waals surface area contributed by atoms with Crippen LogP contribution in [0, 0.1) is 0 Å². The van der Waals surface area contributed by atoms with E-state index in [0.717, 1.165) is 11.1 Å². The molecule has 1 atom stereocenters. The predicted molar refractivity (Wildman–Crippen MR) is 106 cm³/mol. The molecule has 0 aliphatic carbocycles. The van der Waals surface area contributed by atoms with Gasteiger partial charge in [0.05, 0.1) is 36.9 Å². The summed E-state index contributed by atoms with van der Waals surface area (Å²) in [5.41, 5.74) is 4.05. The van der Waals surface area contributed by atoms with E-state index in [4.69, 9.17) is 4.74 Å². The fraction of sp³-hybridized carbons (Fsp3) is 0.190. The van der Waals surface area contributed by atoms with Crippen molar-refractivity contribution in [3.63, 3.8) is 0 Å². The van der Waals surface area contributed by atoms with E-state index >= 15 is 0 Å². The smallest absolute Gasteiger partial charge is 0.268 e. The first kappa shape index (κ1) is 17.8. The van der Waals surface area contributed by atoms with Crippen LogP contribution in [0.25, 0.3) is 11.0 Å². The van der Waals surface area contributed by atoms with E-state index in [2.05, 4.69) is 32.5 Å². The maximum Gasteiger partial charge on any atom is 0.268 e. The van der Waals surface area contributed by atoms with Crippen LogP contribution >= 0.6 is 0 Å². The highest BCUT2D eigenvalue weighted by atomic mass is 16.5. The highest BCUT2D eigenvalue weighted by Gasteiger charge is 2.16. The van der Waals surface area contributed by atoms with Crippen molar-refractivity contribution >= 4 is 16.9 Å². The number of benzene rings is 1. The lowest BCUT2D eigenvalue weighted by Gasteiger charge is -2.11. The largest absolute Gasteiger partial charge is 0.481 e. The van der Waals surface area contributed by atoms with E-state index in [1.807, 2.05) is 42.1 Å². The molecule has 0 saturated heterocycles. The summed E-state index contributed by atoms with van der Waals surface area (Å²) < 4.78 is 6.99. The molecule has 4 aromatic rings. The molecular formula is C21H21N5O2. The Morgan fingerprint density at radius 2 is 2.07 bits per heavy atom. The zero-order chi connectivity index (χ0) is 19.5. The van der Waals surface area contributed by atoms with Crippen molar-refractivity contribution in [1.29, 1.82) is 0 Å². The van der Waals surface area contributed by atoms with E-state index in [1.165, 1.54) is 5.56 Å². The molecule has 0 radical (unpaired) electrons. The van der Waals surface area contributed by atoms with Crippen LogP contribution in [0.5, 0.6) is 5.88 Å². The second kappa shape index (κ2) is 7.56. The number of rotatable bonds is 6. The third kappa shape index (κ3) is 3.73. The number of nitrogens with zero attached hydrogens (tertiary/aromatic N) is 3. The van der Waals surface area contributed by atoms with Crippen LogP contribution in [0.2, 0.25) is 0 Å². The van der Waals surface area contributed by atoms with E-state index in [-0.39, 0.29) is 11.9 Å². The Bertz CT molecular complexity index is 1100. The second-order valence-electron chi connectivity index (χ2n) is 6.62. The van der Waals surface area contributed by atoms with E-state index in [0.29, 0.717) is 23.6 Å². The van der Waals surface area contributed by atoms with Gasteiger partial charge in [0.25, 0.3) is 5.91 Å². The quantitative estimate of drug-likeness (QED) is 0.541. The van der Waals surface area contributed by atoms with Gasteiger partial charge in [-0.3, -0.25) is 9.48 Å². The summed E-state index contributed by atoms with van der Waals surface area (Å²) in [4.78, 5) is 20.0. The Balaban J connectivity index is 1.44. The molecule has 142 valence electrons. The van der Waals surface area contributed by atoms with Crippen LogP contribution in [0.3, 0.4) is 0 Å². The molecule has 0 bridgehead atoms. The first-order valence-corrected chi connectivity index (χ1v) is 9.03. The van der Waals surface area contributed by atoms with Gasteiger partial charge in [0, 0.05) is 17.8 Å². The number of aromatic nitrogens is 4. The molecule has 1 amide bonds. The fourth-order valence-electron chi connectivity index (χ4n) is 3.04. The number of hydrogen-bond donors (Lipinski definition) is 2. The van der Waals surface area contributed by atoms with Gasteiger partial charge in [-0.2, -0.15) is 5.10 Å². The molecule has 0 aliphatic heterocycles. The van der Waals surface area contributed by atoms with Crippen molar-refractivity contribution in [2.45, 2.75) is 19.5 Å². The molecule has 1 aromatic carbocycles. The number of H-pyrrole nitrogens is 1. The maximum atomic E-state index is 12.6. The summed E-state index contributed by atoms with van der Waals surface area (Å²) in [5, 5.41) is 7.40. The molecule has 7 nitrogen and oxygen atoms in total. The number of hydrogen-bond acceptors (Lipinski definition) is 4. The summed E-state index contributed by atoms with van der Waals surface area (Å²) in [5.74, 6) is 0.318. The Morgan fingerprint density at radius 3 is 2.86 bits per heavy atom. The van der Waals surface area contributed by atoms with Crippen molar-refractivity contribution < 1.29 is 9.53 Å². The molecule has 0 saturated carbocycles. The van der Waals surface area contributed by atoms with Crippen molar-refractivity contribution in [2.75, 3.05) is 7.11 Å². The monoisotopic (exact) mass is 375 g/mol. The molecule has 0 spiro atoms. The number of ether oxygens (including phenoxy) is 1. The van der Waals surface area contributed by atoms with Gasteiger partial charge in [0.1, 0.15) is 5.69 Å². The third-order valence-corrected chi connectivity index (χ3v) is 4.59. The Hall–Kier alpha value is -3.61. The van der Waals surface area contributed by atoms with Gasteiger partial charge in [-0.25, -0.2) is 4.98 Å². The lowest BCUT2D eigenvalue weighted by molar-refractivity contribution is 0.0935. The lowest BCUT2D eigenvalue weighted by atomic mass is 10.2. The van der Waals surface area contributed by atoms with Gasteiger partial charge in [-0.1, -0.05) is 30.3 Å². The normalized spacial score (nSPS) is 12.1. The molecule has 7 heteroatoms. The van der Waals surface area contributed by atoms with E-state index in [1.54, 1.807) is 25.4 Å². The van der Waals surface area contributed by atoms with Crippen molar-refractivity contribution in [3.05, 3.63) is 77.7 Å². The minimum Gasteiger partial charge on any atom is -0.481 e. The highest BCUT2D eigenvalue weighted by Crippen LogP contribution is 2.18. The standard InChI is InChI=1S/C21H21N5O2/c1-14(16-11-22-26(13-16)12-15-6-4-3-5-7-15)23-21(27)19-10-18-17(24-19)8-9-20(25-18)28-2/h3-11,13-14,24H,12H2,1-2H3,(H,23,27). The lowest BCUT2D eigenvalue weighted by Crippen LogP contribution is -2.26. The summed E-state index contributed by atoms with van der Waals surface area (Å²) in [6.07, 6.45) is 3.74. The van der Waals surface area contributed by atoms with Gasteiger partial charge >= 0.3 is 0 Å². The van der Waals surface area contributed by atoms with Gasteiger partial charge in [0.2, 0.25) is 5.88 Å². The maximum absolute atomic E-state index is 12.6. The van der Waals surface area contributed by atoms with Crippen LogP contribution in [-0.4, -0.2) is 32.8 Å². The molecule has 28 heavy (non-hydrogen) atoms. The molecule has 2 N–H and O–H groups in total. The van der Waals surface area contributed by atoms with Crippen LogP contribution in [0.15, 0.2) is 60.9 Å². The fourth-order valence-corrected chi connectivity index (χ4v) is 3.04. The molecule has 0 aliphatic rings. The number of amides is 1. The molecule has 3 aromatic heterocycles. The number of methoxy groups -OCH3 is 1. The first-order valence-electron chi connectivity index (χ1n) is 9.03. The molecule has 1 unspecified atom stereocenters. The number of carbonyl (C=O) groups excluding carboxylic acids is 1. The van der Waals surface area contributed by atoms with Crippen LogP contribution in [-0.2, 0) is 6.54 Å². The van der Waals surface area contributed by atoms with Crippen LogP contribution in [0.4, 0.5) is 0 Å². The van der Waals surface area contributed by atoms with Gasteiger partial charge in [-0.05, 0) is 24.6 Å². The minimum atomic E-state index is -0.194. The van der Waals surface area contributed by atoms with Crippen LogP contribution < -0.4 is 10.1 Å². The SMILES string of the molecule is COc1ccc2[nH]c(C(=O)NC(C)c3cnn(Cc4ccccc4)c3)cc2n1. The van der Waals surface area contributed by atoms with Crippen molar-refractivity contribution in [1.82, 2.24) is 25.1 Å². The Morgan fingerprint density at radius 1 is 1.25 bits per heavy atom. The number of aromatic amines is 1. The van der Waals surface area contributed by atoms with Crippen molar-refractivity contribution in [3.8, 4) is 5.88 Å². The molecule has 4 rings (SSSR count). The summed E-state index contributed by atoms with van der Waals surface area (Å²) >= 11 is 0. The zero-order valence-electron chi connectivity index (χ0n) is 15.7. The Labute approximate surface area is 162 Å². The van der Waals surface area contributed by atoms with Gasteiger partial charge in [-0.15, -0.1) is 0 Å². The number of nitrogens with one attached hydrogen (secondary N) is 2. The minimum absolute atomic E-state index is 0.175. The molecular weight excluding hydrogens is 354 g/mol.